The number of aliphatic hydroxyl groups is 2. The summed E-state index contributed by atoms with van der Waals surface area (Å²) in [7, 11) is 0. The van der Waals surface area contributed by atoms with Crippen LogP contribution in [0.5, 0.6) is 0 Å². The fraction of sp³-hybridized carbons (Fsp3) is 0.803. The Balaban J connectivity index is 2.65. The summed E-state index contributed by atoms with van der Waals surface area (Å²) in [6, 6.07) is 0. The number of aliphatic carboxylic acids is 1. The van der Waals surface area contributed by atoms with Gasteiger partial charge in [-0.2, -0.15) is 0 Å². The minimum atomic E-state index is -1.91. The molecule has 0 bridgehead atoms. The minimum Gasteiger partial charge on any atom is -0.479 e. The van der Waals surface area contributed by atoms with Gasteiger partial charge >= 0.3 is 23.9 Å². The molecule has 0 aromatic heterocycles. The quantitative estimate of drug-likeness (QED) is 0.0228. The fourth-order valence-electron chi connectivity index (χ4n) is 10.4. The van der Waals surface area contributed by atoms with E-state index in [1.54, 1.807) is 0 Å². The Morgan fingerprint density at radius 1 is 0.410 bits per heavy atom. The van der Waals surface area contributed by atoms with Gasteiger partial charge in [-0.25, -0.2) is 4.79 Å². The number of carbonyl (C=O) groups is 4. The molecule has 0 aromatic rings. The molecule has 1 fully saturated rings. The summed E-state index contributed by atoms with van der Waals surface area (Å²) in [6.45, 7) is 5.91. The number of carboxylic acid groups (broad SMARTS) is 1. The van der Waals surface area contributed by atoms with E-state index in [2.05, 4.69) is 81.5 Å². The van der Waals surface area contributed by atoms with Crippen LogP contribution in [0.2, 0.25) is 0 Å². The smallest absolute Gasteiger partial charge is 0.335 e. The number of carboxylic acids is 1. The van der Waals surface area contributed by atoms with Crippen LogP contribution in [0.1, 0.15) is 316 Å². The number of unbranched alkanes of at least 4 members (excludes halogenated alkanes) is 35. The molecule has 6 atom stereocenters. The van der Waals surface area contributed by atoms with Gasteiger partial charge in [-0.1, -0.05) is 274 Å². The summed E-state index contributed by atoms with van der Waals surface area (Å²) >= 11 is 0. The van der Waals surface area contributed by atoms with Crippen LogP contribution >= 0.6 is 0 Å². The van der Waals surface area contributed by atoms with Gasteiger partial charge in [-0.15, -0.1) is 0 Å². The van der Waals surface area contributed by atoms with Gasteiger partial charge in [-0.3, -0.25) is 14.4 Å². The maximum absolute atomic E-state index is 13.2. The Morgan fingerprint density at radius 2 is 0.759 bits per heavy atom. The lowest BCUT2D eigenvalue weighted by Crippen LogP contribution is -2.61. The Kier molecular flexibility index (Phi) is 54.8. The lowest BCUT2D eigenvalue weighted by atomic mass is 9.98. The van der Waals surface area contributed by atoms with Gasteiger partial charge in [0.05, 0.1) is 6.61 Å². The van der Waals surface area contributed by atoms with E-state index in [1.165, 1.54) is 148 Å². The van der Waals surface area contributed by atoms with Crippen molar-refractivity contribution in [1.29, 1.82) is 0 Å². The predicted molar refractivity (Wildman–Crippen MR) is 340 cm³/mol. The number of ether oxygens (including phenoxy) is 5. The number of hydrogen-bond acceptors (Lipinski definition) is 11. The minimum absolute atomic E-state index is 0.0612. The third kappa shape index (κ3) is 48.3. The highest BCUT2D eigenvalue weighted by Crippen LogP contribution is 2.27. The molecule has 1 saturated heterocycles. The van der Waals surface area contributed by atoms with Crippen LogP contribution in [0.3, 0.4) is 0 Å². The average molecular weight is 1170 g/mol. The van der Waals surface area contributed by atoms with Crippen molar-refractivity contribution in [2.45, 2.75) is 353 Å². The predicted octanol–water partition coefficient (Wildman–Crippen LogP) is 18.7. The first-order chi connectivity index (χ1) is 40.6. The molecule has 12 nitrogen and oxygen atoms in total. The molecule has 0 aromatic carbocycles. The highest BCUT2D eigenvalue weighted by atomic mass is 16.7. The second kappa shape index (κ2) is 58.8. The Hall–Kier alpha value is -3.58. The monoisotopic (exact) mass is 1170 g/mol. The Bertz CT molecular complexity index is 1670. The molecule has 0 amide bonds. The van der Waals surface area contributed by atoms with E-state index in [1.807, 2.05) is 0 Å². The molecule has 0 spiro atoms. The largest absolute Gasteiger partial charge is 0.479 e. The van der Waals surface area contributed by atoms with Crippen LogP contribution in [0.25, 0.3) is 0 Å². The van der Waals surface area contributed by atoms with Crippen LogP contribution in [-0.2, 0) is 42.9 Å². The van der Waals surface area contributed by atoms with Crippen molar-refractivity contribution >= 4 is 23.9 Å². The maximum Gasteiger partial charge on any atom is 0.335 e. The zero-order chi connectivity index (χ0) is 60.3. The van der Waals surface area contributed by atoms with Gasteiger partial charge in [0, 0.05) is 19.3 Å². The van der Waals surface area contributed by atoms with Gasteiger partial charge in [0.2, 0.25) is 0 Å². The molecule has 1 rings (SSSR count). The van der Waals surface area contributed by atoms with E-state index in [9.17, 15) is 34.5 Å². The van der Waals surface area contributed by atoms with Gasteiger partial charge < -0.3 is 39.0 Å². The highest BCUT2D eigenvalue weighted by molar-refractivity contribution is 5.74. The van der Waals surface area contributed by atoms with Gasteiger partial charge in [0.15, 0.2) is 24.6 Å². The summed E-state index contributed by atoms with van der Waals surface area (Å²) in [5, 5.41) is 31.7. The van der Waals surface area contributed by atoms with E-state index in [4.69, 9.17) is 23.7 Å². The van der Waals surface area contributed by atoms with Crippen molar-refractivity contribution in [3.63, 3.8) is 0 Å². The zero-order valence-electron chi connectivity index (χ0n) is 53.2. The van der Waals surface area contributed by atoms with Gasteiger partial charge in [-0.05, 0) is 83.5 Å². The van der Waals surface area contributed by atoms with Crippen LogP contribution in [-0.4, -0.2) is 89.2 Å². The fourth-order valence-corrected chi connectivity index (χ4v) is 10.4. The standard InChI is InChI=1S/C71H124O12/c1-4-7-10-13-16-19-22-25-28-31-32-35-38-41-44-47-50-53-56-59-65(74)82-69-67(76)66(75)68(70(77)78)83-71(69)80-61-62(81-64(73)58-55-52-49-46-43-40-37-34-30-27-24-21-18-15-12-9-6-3)60-79-63(72)57-54-51-48-45-42-39-36-33-29-26-23-20-17-14-11-8-5-2/h8,11,17,20,26-27,29-30,36,39,62,66-69,71,75-76H,4-7,9-10,12-16,18-19,21-25,28,31-35,37-38,40-61H2,1-3H3,(H,77,78)/b11-8-,20-17-,29-26-,30-27-,39-36-. The SMILES string of the molecule is CC/C=C\C/C=C\C/C=C\C/C=C\CCCCCCC(=O)OCC(COC1OC(C(=O)O)C(O)C(O)C1OC(=O)CCCCCCCCCCCCCCCCCCCCC)OC(=O)CCCCCCCCC/C=C\CCCCCCCC. The second-order valence-electron chi connectivity index (χ2n) is 23.4. The van der Waals surface area contributed by atoms with Crippen molar-refractivity contribution < 1.29 is 58.2 Å². The van der Waals surface area contributed by atoms with E-state index >= 15 is 0 Å². The number of aliphatic hydroxyl groups excluding tert-OH is 2. The molecular weight excluding hydrogens is 1040 g/mol. The molecule has 3 N–H and O–H groups in total. The number of hydrogen-bond donors (Lipinski definition) is 3. The van der Waals surface area contributed by atoms with E-state index in [0.717, 1.165) is 109 Å². The first kappa shape index (κ1) is 77.4. The van der Waals surface area contributed by atoms with E-state index < -0.39 is 67.3 Å². The van der Waals surface area contributed by atoms with Crippen LogP contribution < -0.4 is 0 Å². The summed E-state index contributed by atoms with van der Waals surface area (Å²) in [5.74, 6) is -3.13. The van der Waals surface area contributed by atoms with Crippen molar-refractivity contribution in [1.82, 2.24) is 0 Å². The van der Waals surface area contributed by atoms with Crippen molar-refractivity contribution in [2.24, 2.45) is 0 Å². The number of rotatable bonds is 59. The average Bonchev–Trinajstić information content (AvgIpc) is 3.58. The molecular formula is C71H124O12. The number of allylic oxidation sites excluding steroid dienone is 10. The normalized spacial score (nSPS) is 17.9. The number of carbonyl (C=O) groups excluding carboxylic acids is 3. The molecule has 12 heteroatoms. The van der Waals surface area contributed by atoms with Crippen molar-refractivity contribution in [3.05, 3.63) is 60.8 Å². The van der Waals surface area contributed by atoms with Crippen LogP contribution in [0.4, 0.5) is 0 Å². The first-order valence-corrected chi connectivity index (χ1v) is 34.3. The van der Waals surface area contributed by atoms with E-state index in [-0.39, 0.29) is 25.9 Å². The second-order valence-corrected chi connectivity index (χ2v) is 23.4. The molecule has 0 radical (unpaired) electrons. The zero-order valence-corrected chi connectivity index (χ0v) is 53.2. The molecule has 0 aliphatic carbocycles. The van der Waals surface area contributed by atoms with Gasteiger partial charge in [0.1, 0.15) is 18.8 Å². The Morgan fingerprint density at radius 3 is 1.17 bits per heavy atom. The molecule has 6 unspecified atom stereocenters. The first-order valence-electron chi connectivity index (χ1n) is 34.3. The maximum atomic E-state index is 13.2. The third-order valence-corrected chi connectivity index (χ3v) is 15.6. The van der Waals surface area contributed by atoms with Crippen LogP contribution in [0, 0.1) is 0 Å². The molecule has 1 heterocycles. The highest BCUT2D eigenvalue weighted by Gasteiger charge is 2.50. The number of esters is 3. The summed E-state index contributed by atoms with van der Waals surface area (Å²) in [4.78, 5) is 51.4. The third-order valence-electron chi connectivity index (χ3n) is 15.6. The Labute approximate surface area is 506 Å². The molecule has 1 aliphatic rings. The van der Waals surface area contributed by atoms with Crippen molar-refractivity contribution in [2.75, 3.05) is 13.2 Å². The van der Waals surface area contributed by atoms with Crippen molar-refractivity contribution in [3.8, 4) is 0 Å². The summed E-state index contributed by atoms with van der Waals surface area (Å²) < 4.78 is 28.6. The molecule has 0 saturated carbocycles. The molecule has 1 aliphatic heterocycles. The summed E-state index contributed by atoms with van der Waals surface area (Å²) in [5.41, 5.74) is 0. The molecule has 480 valence electrons. The lowest BCUT2D eigenvalue weighted by Gasteiger charge is -2.40. The van der Waals surface area contributed by atoms with Gasteiger partial charge in [0.25, 0.3) is 0 Å². The lowest BCUT2D eigenvalue weighted by molar-refractivity contribution is -0.301. The summed E-state index contributed by atoms with van der Waals surface area (Å²) in [6.07, 6.45) is 61.7. The topological polar surface area (TPSA) is 175 Å². The van der Waals surface area contributed by atoms with Crippen LogP contribution in [0.15, 0.2) is 60.8 Å². The molecule has 83 heavy (non-hydrogen) atoms. The van der Waals surface area contributed by atoms with E-state index in [0.29, 0.717) is 19.3 Å².